The summed E-state index contributed by atoms with van der Waals surface area (Å²) in [4.78, 5) is 38.9. The van der Waals surface area contributed by atoms with Crippen molar-refractivity contribution in [2.75, 3.05) is 16.0 Å². The molecule has 276 valence electrons. The van der Waals surface area contributed by atoms with Crippen LogP contribution in [0.4, 0.5) is 34.6 Å². The zero-order valence-corrected chi connectivity index (χ0v) is 29.5. The van der Waals surface area contributed by atoms with Gasteiger partial charge in [-0.15, -0.1) is 8.67 Å². The molecule has 0 amide bonds. The van der Waals surface area contributed by atoms with Crippen molar-refractivity contribution in [3.8, 4) is 17.1 Å². The summed E-state index contributed by atoms with van der Waals surface area (Å²) < 4.78 is 43.7. The Hall–Kier alpha value is -5.66. The van der Waals surface area contributed by atoms with Gasteiger partial charge in [-0.2, -0.15) is 23.4 Å². The Morgan fingerprint density at radius 1 is 0.722 bits per heavy atom. The molecule has 0 atom stereocenters. The zero-order valence-electron chi connectivity index (χ0n) is 27.1. The van der Waals surface area contributed by atoms with Gasteiger partial charge in [0.2, 0.25) is 11.9 Å². The van der Waals surface area contributed by atoms with Crippen molar-refractivity contribution in [1.29, 1.82) is 0 Å². The predicted octanol–water partition coefficient (Wildman–Crippen LogP) is 5.97. The molecule has 0 spiro atoms. The van der Waals surface area contributed by atoms with Gasteiger partial charge in [-0.1, -0.05) is 34.3 Å². The number of ketones is 1. The molecule has 6 aromatic rings. The number of aromatic hydroxyl groups is 1. The summed E-state index contributed by atoms with van der Waals surface area (Å²) in [6.07, 6.45) is 0. The van der Waals surface area contributed by atoms with Crippen LogP contribution in [-0.4, -0.2) is 53.9 Å². The first-order valence-corrected chi connectivity index (χ1v) is 18.0. The quantitative estimate of drug-likeness (QED) is 0.0306. The molecule has 1 aliphatic rings. The molecule has 1 aliphatic carbocycles. The van der Waals surface area contributed by atoms with Crippen molar-refractivity contribution in [3.63, 3.8) is 0 Å². The molecule has 7 N–H and O–H groups in total. The first-order chi connectivity index (χ1) is 25.9. The SMILES string of the molecule is Cn1c(=O)cc2c3c(c(Nc4cc(Nc5nc(O)nc(Nc6cc(S(=O)(=O)O)ccc6SOOO)n5)ccc4SOOO)ccc31)C(=O)c1ccccc1-2. The molecule has 4 aromatic carbocycles. The van der Waals surface area contributed by atoms with Gasteiger partial charge in [0.1, 0.15) is 0 Å². The van der Waals surface area contributed by atoms with E-state index < -0.39 is 21.0 Å². The summed E-state index contributed by atoms with van der Waals surface area (Å²) in [5, 5.41) is 44.7. The smallest absolute Gasteiger partial charge is 0.320 e. The number of aromatic nitrogens is 4. The largest absolute Gasteiger partial charge is 0.479 e. The van der Waals surface area contributed by atoms with Crippen LogP contribution in [0.5, 0.6) is 6.01 Å². The van der Waals surface area contributed by atoms with Crippen molar-refractivity contribution in [2.24, 2.45) is 7.05 Å². The molecular formula is C32H23N7O12S3. The summed E-state index contributed by atoms with van der Waals surface area (Å²) in [7, 11) is -3.02. The maximum atomic E-state index is 14.1. The highest BCUT2D eigenvalue weighted by atomic mass is 32.2. The molecule has 0 fully saturated rings. The zero-order chi connectivity index (χ0) is 38.1. The molecule has 0 aliphatic heterocycles. The van der Waals surface area contributed by atoms with Crippen LogP contribution in [0, 0.1) is 0 Å². The third kappa shape index (κ3) is 7.29. The van der Waals surface area contributed by atoms with Crippen LogP contribution in [0.3, 0.4) is 0 Å². The molecule has 54 heavy (non-hydrogen) atoms. The summed E-state index contributed by atoms with van der Waals surface area (Å²) in [5.41, 5.74) is 3.28. The van der Waals surface area contributed by atoms with E-state index in [2.05, 4.69) is 45.3 Å². The number of nitrogens with one attached hydrogen (secondary N) is 3. The molecular weight excluding hydrogens is 771 g/mol. The Balaban J connectivity index is 1.25. The number of carbonyl (C=O) groups is 1. The minimum atomic E-state index is -4.64. The number of fused-ring (bicyclic) bond motifs is 2. The van der Waals surface area contributed by atoms with Gasteiger partial charge in [0.25, 0.3) is 15.7 Å². The van der Waals surface area contributed by atoms with Gasteiger partial charge < -0.3 is 25.6 Å². The number of rotatable bonds is 13. The second-order valence-electron chi connectivity index (χ2n) is 11.2. The molecule has 2 heterocycles. The summed E-state index contributed by atoms with van der Waals surface area (Å²) in [6.45, 7) is 0. The first-order valence-electron chi connectivity index (χ1n) is 15.1. The molecule has 0 saturated carbocycles. The Kier molecular flexibility index (Phi) is 10.2. The van der Waals surface area contributed by atoms with Crippen LogP contribution in [-0.2, 0) is 35.9 Å². The fourth-order valence-electron chi connectivity index (χ4n) is 5.75. The first kappa shape index (κ1) is 36.7. The van der Waals surface area contributed by atoms with E-state index in [4.69, 9.17) is 14.8 Å². The van der Waals surface area contributed by atoms with E-state index in [1.54, 1.807) is 61.6 Å². The second kappa shape index (κ2) is 15.0. The van der Waals surface area contributed by atoms with Gasteiger partial charge in [0.05, 0.1) is 66.9 Å². The van der Waals surface area contributed by atoms with E-state index in [9.17, 15) is 27.7 Å². The third-order valence-corrected chi connectivity index (χ3v) is 10.2. The highest BCUT2D eigenvalue weighted by Crippen LogP contribution is 2.43. The fourth-order valence-corrected chi connectivity index (χ4v) is 7.11. The average Bonchev–Trinajstić information content (AvgIpc) is 3.14. The third-order valence-electron chi connectivity index (χ3n) is 8.03. The second-order valence-corrected chi connectivity index (χ2v) is 14.1. The molecule has 0 radical (unpaired) electrons. The van der Waals surface area contributed by atoms with Gasteiger partial charge in [-0.3, -0.25) is 14.1 Å². The van der Waals surface area contributed by atoms with Crippen LogP contribution >= 0.6 is 24.1 Å². The Labute approximate surface area is 311 Å². The summed E-state index contributed by atoms with van der Waals surface area (Å²) in [5.74, 6) is -0.759. The van der Waals surface area contributed by atoms with Gasteiger partial charge in [0.15, 0.2) is 5.78 Å². The number of carbonyl (C=O) groups excluding carboxylic acids is 1. The lowest BCUT2D eigenvalue weighted by atomic mass is 9.83. The van der Waals surface area contributed by atoms with Gasteiger partial charge in [-0.25, -0.2) is 10.5 Å². The van der Waals surface area contributed by atoms with Crippen LogP contribution in [0.15, 0.2) is 98.3 Å². The summed E-state index contributed by atoms with van der Waals surface area (Å²) in [6, 6.07) is 19.2. The van der Waals surface area contributed by atoms with Crippen LogP contribution < -0.4 is 21.5 Å². The number of pyridine rings is 1. The minimum Gasteiger partial charge on any atom is -0.479 e. The van der Waals surface area contributed by atoms with E-state index in [0.29, 0.717) is 79.2 Å². The number of aryl methyl sites for hydroxylation is 1. The minimum absolute atomic E-state index is 0.0394. The molecule has 22 heteroatoms. The van der Waals surface area contributed by atoms with Crippen molar-refractivity contribution in [3.05, 3.63) is 100 Å². The number of hydrogen-bond acceptors (Lipinski definition) is 19. The molecule has 2 aromatic heterocycles. The van der Waals surface area contributed by atoms with Gasteiger partial charge >= 0.3 is 6.01 Å². The van der Waals surface area contributed by atoms with E-state index in [1.807, 2.05) is 0 Å². The van der Waals surface area contributed by atoms with Crippen molar-refractivity contribution < 1.29 is 52.1 Å². The van der Waals surface area contributed by atoms with E-state index in [0.717, 1.165) is 12.1 Å². The molecule has 0 bridgehead atoms. The standard InChI is InChI=1S/C32H23N7O12S3/c1-39-23-9-8-20(28-27(23)19(14-26(39)40)17-4-2-3-5-18(17)29(28)41)34-21-12-15(6-10-24(21)52-50-48-43)33-30-36-31(38-32(42)37-30)35-22-13-16(54(45,46)47)7-11-25(22)53-51-49-44/h2-14,34,43-44H,1H3,(H,45,46,47)(H3,33,35,36,37,38,42). The topological polar surface area (TPSA) is 266 Å². The van der Waals surface area contributed by atoms with Gasteiger partial charge in [-0.05, 0) is 59.7 Å². The maximum absolute atomic E-state index is 14.1. The number of benzene rings is 4. The Morgan fingerprint density at radius 2 is 1.37 bits per heavy atom. The lowest BCUT2D eigenvalue weighted by Crippen LogP contribution is -2.21. The van der Waals surface area contributed by atoms with Crippen molar-refractivity contribution in [2.45, 2.75) is 14.7 Å². The number of nitrogens with zero attached hydrogens (tertiary/aromatic N) is 4. The molecule has 19 nitrogen and oxygen atoms in total. The Bertz CT molecular complexity index is 2640. The number of anilines is 6. The molecule has 0 saturated heterocycles. The average molecular weight is 794 g/mol. The van der Waals surface area contributed by atoms with E-state index >= 15 is 0 Å². The molecule has 7 rings (SSSR count). The van der Waals surface area contributed by atoms with Crippen molar-refractivity contribution >= 4 is 85.5 Å². The normalized spacial score (nSPS) is 12.1. The van der Waals surface area contributed by atoms with Crippen LogP contribution in [0.1, 0.15) is 15.9 Å². The predicted molar refractivity (Wildman–Crippen MR) is 193 cm³/mol. The highest BCUT2D eigenvalue weighted by Gasteiger charge is 2.29. The van der Waals surface area contributed by atoms with Crippen LogP contribution in [0.2, 0.25) is 0 Å². The Morgan fingerprint density at radius 3 is 2.06 bits per heavy atom. The lowest BCUT2D eigenvalue weighted by molar-refractivity contribution is -0.432. The summed E-state index contributed by atoms with van der Waals surface area (Å²) >= 11 is 1.11. The maximum Gasteiger partial charge on any atom is 0.320 e. The van der Waals surface area contributed by atoms with E-state index in [1.165, 1.54) is 16.7 Å². The van der Waals surface area contributed by atoms with Crippen LogP contribution in [0.25, 0.3) is 22.0 Å². The van der Waals surface area contributed by atoms with E-state index in [-0.39, 0.29) is 33.8 Å². The lowest BCUT2D eigenvalue weighted by Gasteiger charge is -2.24. The number of hydrogen-bond donors (Lipinski definition) is 7. The fraction of sp³-hybridized carbons (Fsp3) is 0.0312. The van der Waals surface area contributed by atoms with Gasteiger partial charge in [0, 0.05) is 29.8 Å². The highest BCUT2D eigenvalue weighted by molar-refractivity contribution is 7.95. The molecule has 0 unspecified atom stereocenters. The monoisotopic (exact) mass is 793 g/mol. The van der Waals surface area contributed by atoms with Crippen molar-refractivity contribution in [1.82, 2.24) is 19.5 Å².